The highest BCUT2D eigenvalue weighted by Gasteiger charge is 2.17. The number of hydrogen-bond acceptors (Lipinski definition) is 9. The Morgan fingerprint density at radius 2 is 1.06 bits per heavy atom. The number of fused-ring (bicyclic) bond motifs is 2. The van der Waals surface area contributed by atoms with Gasteiger partial charge in [-0.3, -0.25) is 0 Å². The Morgan fingerprint density at radius 1 is 0.613 bits per heavy atom. The molecule has 0 aliphatic rings. The van der Waals surface area contributed by atoms with Gasteiger partial charge in [0.25, 0.3) is 0 Å². The van der Waals surface area contributed by atoms with Crippen molar-refractivity contribution in [3.63, 3.8) is 0 Å². The first-order valence-electron chi connectivity index (χ1n) is 9.50. The molecule has 0 amide bonds. The molecule has 31 heavy (non-hydrogen) atoms. The normalized spacial score (nSPS) is 11.6. The van der Waals surface area contributed by atoms with E-state index in [0.717, 1.165) is 30.2 Å². The van der Waals surface area contributed by atoms with Crippen molar-refractivity contribution in [2.24, 2.45) is 0 Å². The molecule has 6 rings (SSSR count). The first-order chi connectivity index (χ1) is 15.3. The zero-order valence-corrected chi connectivity index (χ0v) is 18.4. The van der Waals surface area contributed by atoms with Gasteiger partial charge in [0.15, 0.2) is 20.3 Å². The zero-order valence-electron chi connectivity index (χ0n) is 16.0. The molecule has 0 fully saturated rings. The summed E-state index contributed by atoms with van der Waals surface area (Å²) in [5.74, 6) is 1.65. The molecule has 0 bridgehead atoms. The molecular formula is C20H14N8S3. The van der Waals surface area contributed by atoms with Gasteiger partial charge in [0.05, 0.1) is 0 Å². The molecule has 0 aliphatic heterocycles. The van der Waals surface area contributed by atoms with Crippen LogP contribution in [0.5, 0.6) is 0 Å². The molecule has 0 saturated heterocycles. The summed E-state index contributed by atoms with van der Waals surface area (Å²) in [4.78, 5) is 1.56. The lowest BCUT2D eigenvalue weighted by atomic mass is 10.1. The average Bonchev–Trinajstić information content (AvgIpc) is 3.54. The average molecular weight is 463 g/mol. The minimum atomic E-state index is 0.690. The Balaban J connectivity index is 1.24. The van der Waals surface area contributed by atoms with Crippen LogP contribution in [-0.4, -0.2) is 39.6 Å². The first-order valence-corrected chi connectivity index (χ1v) is 11.9. The van der Waals surface area contributed by atoms with Crippen molar-refractivity contribution in [1.82, 2.24) is 39.6 Å². The minimum absolute atomic E-state index is 0.690. The van der Waals surface area contributed by atoms with E-state index in [1.807, 2.05) is 45.4 Å². The third-order valence-corrected chi connectivity index (χ3v) is 7.56. The molecule has 0 saturated carbocycles. The Bertz CT molecular complexity index is 1350. The molecule has 0 atom stereocenters. The van der Waals surface area contributed by atoms with Crippen LogP contribution in [0.2, 0.25) is 0 Å². The molecule has 0 radical (unpaired) electrons. The smallest absolute Gasteiger partial charge is 0.186 e. The fourth-order valence-electron chi connectivity index (χ4n) is 3.21. The third-order valence-electron chi connectivity index (χ3n) is 4.66. The van der Waals surface area contributed by atoms with Crippen LogP contribution < -0.4 is 0 Å². The summed E-state index contributed by atoms with van der Waals surface area (Å²) in [7, 11) is 0. The van der Waals surface area contributed by atoms with Gasteiger partial charge in [0, 0.05) is 12.8 Å². The zero-order chi connectivity index (χ0) is 20.6. The summed E-state index contributed by atoms with van der Waals surface area (Å²) >= 11 is 4.53. The molecule has 0 aliphatic carbocycles. The van der Waals surface area contributed by atoms with Crippen LogP contribution in [0.15, 0.2) is 69.3 Å². The molecule has 0 N–H and O–H groups in total. The Kier molecular flexibility index (Phi) is 4.70. The largest absolute Gasteiger partial charge is 0.235 e. The maximum atomic E-state index is 4.70. The standard InChI is InChI=1S/C20H14N8S3/c1-3-7-13(8-4-1)11-15-21-23-17-27(15)25-19(29-17)31-20-26-28-16(22-24-18(28)30-20)12-14-9-5-2-6-10-14/h1-10H,11-12H2. The van der Waals surface area contributed by atoms with E-state index in [4.69, 9.17) is 10.2 Å². The summed E-state index contributed by atoms with van der Waals surface area (Å²) in [5, 5.41) is 26.6. The lowest BCUT2D eigenvalue weighted by molar-refractivity contribution is 0.814. The quantitative estimate of drug-likeness (QED) is 0.369. The van der Waals surface area contributed by atoms with Crippen LogP contribution in [0.4, 0.5) is 0 Å². The molecule has 0 spiro atoms. The molecule has 8 nitrogen and oxygen atoms in total. The van der Waals surface area contributed by atoms with E-state index < -0.39 is 0 Å². The molecule has 2 aromatic carbocycles. The number of aromatic nitrogens is 8. The van der Waals surface area contributed by atoms with Gasteiger partial charge in [-0.15, -0.1) is 30.6 Å². The fraction of sp³-hybridized carbons (Fsp3) is 0.100. The van der Waals surface area contributed by atoms with Crippen molar-refractivity contribution in [3.05, 3.63) is 83.4 Å². The molecule has 4 aromatic heterocycles. The molecule has 4 heterocycles. The van der Waals surface area contributed by atoms with Gasteiger partial charge in [0.1, 0.15) is 0 Å². The van der Waals surface area contributed by atoms with Crippen LogP contribution in [0.1, 0.15) is 22.8 Å². The van der Waals surface area contributed by atoms with E-state index in [9.17, 15) is 0 Å². The van der Waals surface area contributed by atoms with Crippen molar-refractivity contribution in [2.45, 2.75) is 21.5 Å². The Hall–Kier alpha value is -3.15. The van der Waals surface area contributed by atoms with Crippen molar-refractivity contribution in [2.75, 3.05) is 0 Å². The predicted molar refractivity (Wildman–Crippen MR) is 120 cm³/mol. The second kappa shape index (κ2) is 7.84. The molecule has 152 valence electrons. The first kappa shape index (κ1) is 18.6. The van der Waals surface area contributed by atoms with E-state index in [0.29, 0.717) is 12.8 Å². The van der Waals surface area contributed by atoms with Crippen LogP contribution >= 0.6 is 34.4 Å². The lowest BCUT2D eigenvalue weighted by Crippen LogP contribution is -1.98. The summed E-state index contributed by atoms with van der Waals surface area (Å²) in [6.45, 7) is 0. The van der Waals surface area contributed by atoms with Crippen molar-refractivity contribution in [3.8, 4) is 0 Å². The van der Waals surface area contributed by atoms with Crippen LogP contribution in [0, 0.1) is 0 Å². The monoisotopic (exact) mass is 462 g/mol. The molecular weight excluding hydrogens is 448 g/mol. The highest BCUT2D eigenvalue weighted by Crippen LogP contribution is 2.34. The maximum absolute atomic E-state index is 4.70. The highest BCUT2D eigenvalue weighted by molar-refractivity contribution is 8.02. The van der Waals surface area contributed by atoms with Gasteiger partial charge in [-0.25, -0.2) is 0 Å². The molecule has 6 aromatic rings. The van der Waals surface area contributed by atoms with E-state index in [1.165, 1.54) is 45.6 Å². The predicted octanol–water partition coefficient (Wildman–Crippen LogP) is 4.02. The van der Waals surface area contributed by atoms with Gasteiger partial charge in [0.2, 0.25) is 9.92 Å². The number of nitrogens with zero attached hydrogens (tertiary/aromatic N) is 8. The van der Waals surface area contributed by atoms with Gasteiger partial charge in [-0.1, -0.05) is 83.3 Å². The number of rotatable bonds is 6. The maximum Gasteiger partial charge on any atom is 0.235 e. The Morgan fingerprint density at radius 3 is 1.52 bits per heavy atom. The van der Waals surface area contributed by atoms with Crippen molar-refractivity contribution in [1.29, 1.82) is 0 Å². The summed E-state index contributed by atoms with van der Waals surface area (Å²) in [5.41, 5.74) is 2.36. The van der Waals surface area contributed by atoms with E-state index >= 15 is 0 Å². The summed E-state index contributed by atoms with van der Waals surface area (Å²) < 4.78 is 5.38. The van der Waals surface area contributed by atoms with Crippen LogP contribution in [-0.2, 0) is 12.8 Å². The van der Waals surface area contributed by atoms with Crippen molar-refractivity contribution >= 4 is 44.4 Å². The topological polar surface area (TPSA) is 86.2 Å². The lowest BCUT2D eigenvalue weighted by Gasteiger charge is -1.97. The van der Waals surface area contributed by atoms with Gasteiger partial charge in [-0.2, -0.15) is 9.03 Å². The highest BCUT2D eigenvalue weighted by atomic mass is 32.2. The van der Waals surface area contributed by atoms with Gasteiger partial charge < -0.3 is 0 Å². The molecule has 11 heteroatoms. The molecule has 0 unspecified atom stereocenters. The second-order valence-electron chi connectivity index (χ2n) is 6.78. The number of benzene rings is 2. The van der Waals surface area contributed by atoms with E-state index in [2.05, 4.69) is 44.7 Å². The summed E-state index contributed by atoms with van der Waals surface area (Å²) in [6, 6.07) is 20.4. The summed E-state index contributed by atoms with van der Waals surface area (Å²) in [6.07, 6.45) is 1.38. The fourth-order valence-corrected chi connectivity index (χ4v) is 6.21. The van der Waals surface area contributed by atoms with E-state index in [-0.39, 0.29) is 0 Å². The SMILES string of the molecule is c1ccc(Cc2nnc3sc(Sc4nn5c(Cc6ccccc6)nnc5s4)nn23)cc1. The van der Waals surface area contributed by atoms with Gasteiger partial charge >= 0.3 is 0 Å². The number of hydrogen-bond donors (Lipinski definition) is 0. The van der Waals surface area contributed by atoms with Crippen LogP contribution in [0.25, 0.3) is 9.92 Å². The van der Waals surface area contributed by atoms with Crippen molar-refractivity contribution < 1.29 is 0 Å². The Labute approximate surface area is 188 Å². The third kappa shape index (κ3) is 3.71. The van der Waals surface area contributed by atoms with Crippen LogP contribution in [0.3, 0.4) is 0 Å². The second-order valence-corrected chi connectivity index (χ2v) is 10.2. The minimum Gasteiger partial charge on any atom is -0.186 e. The van der Waals surface area contributed by atoms with E-state index in [1.54, 1.807) is 0 Å². The van der Waals surface area contributed by atoms with Gasteiger partial charge in [-0.05, 0) is 22.9 Å².